The predicted molar refractivity (Wildman–Crippen MR) is 107 cm³/mol. The first-order chi connectivity index (χ1) is 14.1. The van der Waals surface area contributed by atoms with Crippen LogP contribution in [-0.4, -0.2) is 34.9 Å². The molecule has 0 spiro atoms. The van der Waals surface area contributed by atoms with Crippen molar-refractivity contribution in [3.63, 3.8) is 0 Å². The van der Waals surface area contributed by atoms with Gasteiger partial charge in [0.05, 0.1) is 16.1 Å². The van der Waals surface area contributed by atoms with Crippen LogP contribution >= 0.6 is 11.6 Å². The van der Waals surface area contributed by atoms with Gasteiger partial charge in [-0.3, -0.25) is 9.59 Å². The highest BCUT2D eigenvalue weighted by Gasteiger charge is 2.31. The number of carbonyl (C=O) groups is 2. The summed E-state index contributed by atoms with van der Waals surface area (Å²) < 4.78 is 37.9. The fraction of sp³-hybridized carbons (Fsp3) is 0.368. The maximum Gasteiger partial charge on any atom is 0.417 e. The summed E-state index contributed by atoms with van der Waals surface area (Å²) in [5.41, 5.74) is -0.700. The van der Waals surface area contributed by atoms with Crippen molar-refractivity contribution in [2.24, 2.45) is 5.92 Å². The molecule has 2 heterocycles. The van der Waals surface area contributed by atoms with E-state index in [1.165, 1.54) is 6.20 Å². The number of rotatable bonds is 8. The van der Waals surface area contributed by atoms with Crippen LogP contribution in [0.2, 0.25) is 5.02 Å². The summed E-state index contributed by atoms with van der Waals surface area (Å²) in [4.78, 5) is 31.9. The molecule has 0 atom stereocenters. The third-order valence-corrected chi connectivity index (χ3v) is 4.21. The Kier molecular flexibility index (Phi) is 7.99. The molecule has 0 bridgehead atoms. The largest absolute Gasteiger partial charge is 0.417 e. The van der Waals surface area contributed by atoms with Crippen molar-refractivity contribution in [3.8, 4) is 0 Å². The second kappa shape index (κ2) is 10.2. The molecule has 2 aromatic rings. The average molecular weight is 444 g/mol. The van der Waals surface area contributed by atoms with Crippen LogP contribution in [-0.2, 0) is 11.0 Å². The second-order valence-electron chi connectivity index (χ2n) is 6.63. The highest BCUT2D eigenvalue weighted by atomic mass is 35.5. The summed E-state index contributed by atoms with van der Waals surface area (Å²) in [7, 11) is 0. The number of amides is 2. The van der Waals surface area contributed by atoms with E-state index < -0.39 is 17.6 Å². The molecular weight excluding hydrogens is 423 g/mol. The lowest BCUT2D eigenvalue weighted by atomic mass is 10.2. The molecule has 0 fully saturated rings. The van der Waals surface area contributed by atoms with E-state index in [1.807, 2.05) is 0 Å². The molecule has 0 aliphatic carbocycles. The lowest BCUT2D eigenvalue weighted by Crippen LogP contribution is -2.28. The summed E-state index contributed by atoms with van der Waals surface area (Å²) in [6.07, 6.45) is -1.89. The van der Waals surface area contributed by atoms with E-state index in [1.54, 1.807) is 26.0 Å². The molecule has 0 aromatic carbocycles. The van der Waals surface area contributed by atoms with Gasteiger partial charge in [0.15, 0.2) is 0 Å². The first-order valence-electron chi connectivity index (χ1n) is 9.10. The average Bonchev–Trinajstić information content (AvgIpc) is 2.68. The smallest absolute Gasteiger partial charge is 0.369 e. The Bertz CT molecular complexity index is 906. The zero-order valence-corrected chi connectivity index (χ0v) is 17.1. The lowest BCUT2D eigenvalue weighted by Gasteiger charge is -2.12. The Balaban J connectivity index is 1.84. The third-order valence-electron chi connectivity index (χ3n) is 3.92. The minimum atomic E-state index is -4.51. The van der Waals surface area contributed by atoms with Gasteiger partial charge in [0.25, 0.3) is 5.91 Å². The number of nitrogens with zero attached hydrogens (tertiary/aromatic N) is 2. The zero-order valence-electron chi connectivity index (χ0n) is 16.3. The summed E-state index contributed by atoms with van der Waals surface area (Å²) in [6.45, 7) is 4.05. The maximum atomic E-state index is 12.6. The Morgan fingerprint density at radius 1 is 1.17 bits per heavy atom. The summed E-state index contributed by atoms with van der Waals surface area (Å²) in [5, 5.41) is 7.99. The van der Waals surface area contributed by atoms with Gasteiger partial charge in [-0.05, 0) is 24.6 Å². The van der Waals surface area contributed by atoms with Gasteiger partial charge in [-0.15, -0.1) is 0 Å². The van der Waals surface area contributed by atoms with Gasteiger partial charge < -0.3 is 16.0 Å². The number of pyridine rings is 2. The van der Waals surface area contributed by atoms with Crippen LogP contribution < -0.4 is 16.0 Å². The van der Waals surface area contributed by atoms with E-state index in [4.69, 9.17) is 11.6 Å². The van der Waals surface area contributed by atoms with Crippen molar-refractivity contribution < 1.29 is 22.8 Å². The fourth-order valence-corrected chi connectivity index (χ4v) is 2.50. The molecule has 162 valence electrons. The Labute approximate surface area is 176 Å². The molecule has 0 aliphatic rings. The number of hydrogen-bond donors (Lipinski definition) is 3. The molecular formula is C19H21ClF3N5O2. The quantitative estimate of drug-likeness (QED) is 0.536. The standard InChI is InChI=1S/C19H21ClF3N5O2/c1-11(2)17(29)28-15-13(5-3-6-24-15)18(30)26-8-4-7-25-16-14(20)9-12(10-27-16)19(21,22)23/h3,5-6,9-11H,4,7-8H2,1-2H3,(H,25,27)(H,26,30)(H,24,28,29). The minimum Gasteiger partial charge on any atom is -0.369 e. The summed E-state index contributed by atoms with van der Waals surface area (Å²) in [6, 6.07) is 3.93. The molecule has 3 N–H and O–H groups in total. The predicted octanol–water partition coefficient (Wildman–Crippen LogP) is 3.98. The van der Waals surface area contributed by atoms with Gasteiger partial charge >= 0.3 is 6.18 Å². The molecule has 0 aliphatic heterocycles. The van der Waals surface area contributed by atoms with Crippen molar-refractivity contribution in [2.45, 2.75) is 26.4 Å². The van der Waals surface area contributed by atoms with Crippen molar-refractivity contribution in [3.05, 3.63) is 46.7 Å². The van der Waals surface area contributed by atoms with E-state index in [0.29, 0.717) is 19.2 Å². The first-order valence-corrected chi connectivity index (χ1v) is 9.48. The number of anilines is 2. The highest BCUT2D eigenvalue weighted by molar-refractivity contribution is 6.32. The summed E-state index contributed by atoms with van der Waals surface area (Å²) in [5.74, 6) is -0.630. The van der Waals surface area contributed by atoms with Crippen molar-refractivity contribution in [1.82, 2.24) is 15.3 Å². The molecule has 0 saturated carbocycles. The number of alkyl halides is 3. The van der Waals surface area contributed by atoms with E-state index in [0.717, 1.165) is 6.07 Å². The Morgan fingerprint density at radius 2 is 1.90 bits per heavy atom. The molecule has 0 unspecified atom stereocenters. The molecule has 2 amide bonds. The van der Waals surface area contributed by atoms with Crippen LogP contribution in [0.5, 0.6) is 0 Å². The van der Waals surface area contributed by atoms with Crippen LogP contribution in [0.3, 0.4) is 0 Å². The maximum absolute atomic E-state index is 12.6. The molecule has 0 saturated heterocycles. The Hall–Kier alpha value is -2.88. The summed E-state index contributed by atoms with van der Waals surface area (Å²) >= 11 is 5.82. The number of halogens is 4. The molecule has 0 radical (unpaired) electrons. The lowest BCUT2D eigenvalue weighted by molar-refractivity contribution is -0.137. The van der Waals surface area contributed by atoms with Crippen LogP contribution in [0.25, 0.3) is 0 Å². The van der Waals surface area contributed by atoms with E-state index >= 15 is 0 Å². The highest BCUT2D eigenvalue weighted by Crippen LogP contribution is 2.32. The van der Waals surface area contributed by atoms with E-state index in [-0.39, 0.29) is 40.6 Å². The van der Waals surface area contributed by atoms with Crippen LogP contribution in [0.15, 0.2) is 30.6 Å². The van der Waals surface area contributed by atoms with Gasteiger partial charge in [-0.2, -0.15) is 13.2 Å². The normalized spacial score (nSPS) is 11.3. The van der Waals surface area contributed by atoms with Crippen molar-refractivity contribution in [2.75, 3.05) is 23.7 Å². The van der Waals surface area contributed by atoms with Gasteiger partial charge in [-0.1, -0.05) is 25.4 Å². The minimum absolute atomic E-state index is 0.127. The van der Waals surface area contributed by atoms with Crippen molar-refractivity contribution in [1.29, 1.82) is 0 Å². The molecule has 2 aromatic heterocycles. The van der Waals surface area contributed by atoms with Gasteiger partial charge in [0.1, 0.15) is 11.6 Å². The van der Waals surface area contributed by atoms with E-state index in [2.05, 4.69) is 25.9 Å². The zero-order chi connectivity index (χ0) is 22.3. The molecule has 30 heavy (non-hydrogen) atoms. The van der Waals surface area contributed by atoms with Gasteiger partial charge in [0.2, 0.25) is 5.91 Å². The second-order valence-corrected chi connectivity index (χ2v) is 7.04. The van der Waals surface area contributed by atoms with Crippen LogP contribution in [0, 0.1) is 5.92 Å². The van der Waals surface area contributed by atoms with Crippen LogP contribution in [0.1, 0.15) is 36.2 Å². The van der Waals surface area contributed by atoms with Gasteiger partial charge in [0, 0.05) is 31.4 Å². The molecule has 11 heteroatoms. The number of aromatic nitrogens is 2. The van der Waals surface area contributed by atoms with Crippen LogP contribution in [0.4, 0.5) is 24.8 Å². The molecule has 2 rings (SSSR count). The molecule has 7 nitrogen and oxygen atoms in total. The number of nitrogens with one attached hydrogen (secondary N) is 3. The van der Waals surface area contributed by atoms with Crippen molar-refractivity contribution >= 4 is 35.1 Å². The van der Waals surface area contributed by atoms with Gasteiger partial charge in [-0.25, -0.2) is 9.97 Å². The third kappa shape index (κ3) is 6.58. The fourth-order valence-electron chi connectivity index (χ4n) is 2.26. The number of carbonyl (C=O) groups excluding carboxylic acids is 2. The van der Waals surface area contributed by atoms with E-state index in [9.17, 15) is 22.8 Å². The SMILES string of the molecule is CC(C)C(=O)Nc1ncccc1C(=O)NCCCNc1ncc(C(F)(F)F)cc1Cl. The topological polar surface area (TPSA) is 96.0 Å². The first kappa shape index (κ1) is 23.4. The monoisotopic (exact) mass is 443 g/mol. The number of hydrogen-bond acceptors (Lipinski definition) is 5. The Morgan fingerprint density at radius 3 is 2.53 bits per heavy atom.